The first-order valence-electron chi connectivity index (χ1n) is 5.99. The van der Waals surface area contributed by atoms with Crippen LogP contribution in [0.4, 0.5) is 4.39 Å². The van der Waals surface area contributed by atoms with Gasteiger partial charge in [-0.1, -0.05) is 17.7 Å². The zero-order chi connectivity index (χ0) is 13.1. The van der Waals surface area contributed by atoms with E-state index in [2.05, 4.69) is 0 Å². The van der Waals surface area contributed by atoms with E-state index in [0.717, 1.165) is 13.0 Å². The number of benzene rings is 1. The molecule has 98 valence electrons. The lowest BCUT2D eigenvalue weighted by molar-refractivity contribution is -0.142. The number of likely N-dealkylation sites (tertiary alicyclic amines) is 1. The van der Waals surface area contributed by atoms with Crippen LogP contribution in [0, 0.1) is 5.82 Å². The summed E-state index contributed by atoms with van der Waals surface area (Å²) in [7, 11) is 0. The van der Waals surface area contributed by atoms with Crippen LogP contribution in [0.1, 0.15) is 18.4 Å². The van der Waals surface area contributed by atoms with Crippen LogP contribution in [-0.2, 0) is 11.2 Å². The number of aliphatic carboxylic acids is 1. The molecule has 0 amide bonds. The number of carbonyl (C=O) groups is 1. The fraction of sp³-hybridized carbons (Fsp3) is 0.462. The topological polar surface area (TPSA) is 40.5 Å². The Kier molecular flexibility index (Phi) is 4.19. The van der Waals surface area contributed by atoms with Gasteiger partial charge < -0.3 is 5.11 Å². The maximum absolute atomic E-state index is 13.6. The molecular formula is C13H15ClFNO2. The van der Waals surface area contributed by atoms with Crippen molar-refractivity contribution >= 4 is 17.6 Å². The fourth-order valence-electron chi connectivity index (χ4n) is 2.40. The molecule has 2 rings (SSSR count). The van der Waals surface area contributed by atoms with Crippen LogP contribution in [0.25, 0.3) is 0 Å². The molecule has 5 heteroatoms. The molecule has 1 heterocycles. The maximum atomic E-state index is 13.6. The SMILES string of the molecule is O=C(O)C1CCCN1CCc1c(F)cccc1Cl. The van der Waals surface area contributed by atoms with Crippen LogP contribution in [0.5, 0.6) is 0 Å². The Hall–Kier alpha value is -1.13. The molecule has 18 heavy (non-hydrogen) atoms. The fourth-order valence-corrected chi connectivity index (χ4v) is 2.66. The van der Waals surface area contributed by atoms with Gasteiger partial charge in [-0.15, -0.1) is 0 Å². The average molecular weight is 272 g/mol. The lowest BCUT2D eigenvalue weighted by atomic mass is 10.1. The van der Waals surface area contributed by atoms with Gasteiger partial charge in [0.15, 0.2) is 0 Å². The highest BCUT2D eigenvalue weighted by Crippen LogP contribution is 2.22. The average Bonchev–Trinajstić information content (AvgIpc) is 2.76. The van der Waals surface area contributed by atoms with E-state index in [4.69, 9.17) is 16.7 Å². The molecule has 0 bridgehead atoms. The molecule has 1 aliphatic rings. The van der Waals surface area contributed by atoms with E-state index < -0.39 is 12.0 Å². The van der Waals surface area contributed by atoms with Crippen molar-refractivity contribution in [1.29, 1.82) is 0 Å². The van der Waals surface area contributed by atoms with E-state index in [1.807, 2.05) is 4.90 Å². The summed E-state index contributed by atoms with van der Waals surface area (Å²) in [5.41, 5.74) is 0.468. The minimum atomic E-state index is -0.799. The second-order valence-electron chi connectivity index (χ2n) is 4.48. The summed E-state index contributed by atoms with van der Waals surface area (Å²) in [4.78, 5) is 12.9. The number of carboxylic acid groups (broad SMARTS) is 1. The molecule has 0 radical (unpaired) electrons. The molecule has 1 aliphatic heterocycles. The Morgan fingerprint density at radius 1 is 1.56 bits per heavy atom. The van der Waals surface area contributed by atoms with Crippen LogP contribution < -0.4 is 0 Å². The second-order valence-corrected chi connectivity index (χ2v) is 4.89. The Balaban J connectivity index is 2.01. The van der Waals surface area contributed by atoms with Crippen LogP contribution in [-0.4, -0.2) is 35.1 Å². The van der Waals surface area contributed by atoms with Crippen molar-refractivity contribution in [3.05, 3.63) is 34.6 Å². The van der Waals surface area contributed by atoms with Crippen LogP contribution in [0.3, 0.4) is 0 Å². The molecule has 3 nitrogen and oxygen atoms in total. The second kappa shape index (κ2) is 5.67. The lowest BCUT2D eigenvalue weighted by Gasteiger charge is -2.21. The first-order valence-corrected chi connectivity index (χ1v) is 6.37. The van der Waals surface area contributed by atoms with Crippen molar-refractivity contribution in [3.8, 4) is 0 Å². The Morgan fingerprint density at radius 2 is 2.33 bits per heavy atom. The largest absolute Gasteiger partial charge is 0.480 e. The molecule has 1 saturated heterocycles. The van der Waals surface area contributed by atoms with E-state index in [1.165, 1.54) is 6.07 Å². The van der Waals surface area contributed by atoms with Gasteiger partial charge in [-0.25, -0.2) is 4.39 Å². The predicted octanol–water partition coefficient (Wildman–Crippen LogP) is 2.57. The monoisotopic (exact) mass is 271 g/mol. The van der Waals surface area contributed by atoms with Gasteiger partial charge in [0.05, 0.1) is 0 Å². The van der Waals surface area contributed by atoms with Gasteiger partial charge in [-0.05, 0) is 37.9 Å². The van der Waals surface area contributed by atoms with Crippen molar-refractivity contribution < 1.29 is 14.3 Å². The molecule has 1 aromatic carbocycles. The van der Waals surface area contributed by atoms with Crippen molar-refractivity contribution in [2.75, 3.05) is 13.1 Å². The summed E-state index contributed by atoms with van der Waals surface area (Å²) < 4.78 is 13.6. The first-order chi connectivity index (χ1) is 8.59. The van der Waals surface area contributed by atoms with Crippen molar-refractivity contribution in [2.45, 2.75) is 25.3 Å². The number of halogens is 2. The van der Waals surface area contributed by atoms with Crippen molar-refractivity contribution in [3.63, 3.8) is 0 Å². The Bertz CT molecular complexity index is 432. The first kappa shape index (κ1) is 13.3. The minimum Gasteiger partial charge on any atom is -0.480 e. The smallest absolute Gasteiger partial charge is 0.320 e. The number of nitrogens with zero attached hydrogens (tertiary/aromatic N) is 1. The molecule has 1 atom stereocenters. The van der Waals surface area contributed by atoms with E-state index >= 15 is 0 Å². The number of hydrogen-bond acceptors (Lipinski definition) is 2. The molecule has 0 spiro atoms. The zero-order valence-electron chi connectivity index (χ0n) is 9.90. The molecule has 1 N–H and O–H groups in total. The van der Waals surface area contributed by atoms with Crippen LogP contribution in [0.2, 0.25) is 5.02 Å². The highest BCUT2D eigenvalue weighted by Gasteiger charge is 2.30. The van der Waals surface area contributed by atoms with Crippen molar-refractivity contribution in [1.82, 2.24) is 4.90 Å². The molecule has 0 saturated carbocycles. The molecular weight excluding hydrogens is 257 g/mol. The summed E-state index contributed by atoms with van der Waals surface area (Å²) >= 11 is 5.94. The summed E-state index contributed by atoms with van der Waals surface area (Å²) in [6, 6.07) is 4.16. The Morgan fingerprint density at radius 3 is 3.00 bits per heavy atom. The third-order valence-corrected chi connectivity index (χ3v) is 3.71. The lowest BCUT2D eigenvalue weighted by Crippen LogP contribution is -2.37. The molecule has 0 aromatic heterocycles. The van der Waals surface area contributed by atoms with E-state index in [-0.39, 0.29) is 5.82 Å². The standard InChI is InChI=1S/C13H15ClFNO2/c14-10-3-1-4-11(15)9(10)6-8-16-7-2-5-12(16)13(17)18/h1,3-4,12H,2,5-8H2,(H,17,18). The zero-order valence-corrected chi connectivity index (χ0v) is 10.7. The molecule has 1 fully saturated rings. The van der Waals surface area contributed by atoms with E-state index in [9.17, 15) is 9.18 Å². The summed E-state index contributed by atoms with van der Waals surface area (Å²) in [5, 5.41) is 9.45. The number of rotatable bonds is 4. The maximum Gasteiger partial charge on any atom is 0.320 e. The quantitative estimate of drug-likeness (QED) is 0.915. The summed E-state index contributed by atoms with van der Waals surface area (Å²) in [6.07, 6.45) is 1.98. The molecule has 1 unspecified atom stereocenters. The normalized spacial score (nSPS) is 20.2. The van der Waals surface area contributed by atoms with E-state index in [1.54, 1.807) is 12.1 Å². The van der Waals surface area contributed by atoms with Gasteiger partial charge in [-0.2, -0.15) is 0 Å². The van der Waals surface area contributed by atoms with Crippen LogP contribution in [0.15, 0.2) is 18.2 Å². The number of carboxylic acids is 1. The van der Waals surface area contributed by atoms with Gasteiger partial charge in [0.1, 0.15) is 11.9 Å². The summed E-state index contributed by atoms with van der Waals surface area (Å²) in [5.74, 6) is -1.12. The van der Waals surface area contributed by atoms with Crippen LogP contribution >= 0.6 is 11.6 Å². The van der Waals surface area contributed by atoms with Crippen molar-refractivity contribution in [2.24, 2.45) is 0 Å². The van der Waals surface area contributed by atoms with Gasteiger partial charge in [-0.3, -0.25) is 9.69 Å². The number of hydrogen-bond donors (Lipinski definition) is 1. The highest BCUT2D eigenvalue weighted by molar-refractivity contribution is 6.31. The predicted molar refractivity (Wildman–Crippen MR) is 67.3 cm³/mol. The third-order valence-electron chi connectivity index (χ3n) is 3.36. The highest BCUT2D eigenvalue weighted by atomic mass is 35.5. The van der Waals surface area contributed by atoms with Gasteiger partial charge >= 0.3 is 5.97 Å². The van der Waals surface area contributed by atoms with Gasteiger partial charge in [0.2, 0.25) is 0 Å². The summed E-state index contributed by atoms with van der Waals surface area (Å²) in [6.45, 7) is 1.28. The van der Waals surface area contributed by atoms with Gasteiger partial charge in [0, 0.05) is 17.1 Å². The molecule has 1 aromatic rings. The van der Waals surface area contributed by atoms with E-state index in [0.29, 0.717) is 30.0 Å². The molecule has 0 aliphatic carbocycles. The van der Waals surface area contributed by atoms with Gasteiger partial charge in [0.25, 0.3) is 0 Å². The Labute approximate surface area is 110 Å². The minimum absolute atomic E-state index is 0.325. The third kappa shape index (κ3) is 2.82.